The predicted octanol–water partition coefficient (Wildman–Crippen LogP) is 5.47. The van der Waals surface area contributed by atoms with E-state index in [-0.39, 0.29) is 17.0 Å². The van der Waals surface area contributed by atoms with E-state index in [4.69, 9.17) is 4.74 Å². The molecule has 1 aromatic carbocycles. The normalized spacial score (nSPS) is 17.8. The highest BCUT2D eigenvalue weighted by Crippen LogP contribution is 2.40. The van der Waals surface area contributed by atoms with Crippen LogP contribution in [0.2, 0.25) is 0 Å². The fourth-order valence-electron chi connectivity index (χ4n) is 3.76. The van der Waals surface area contributed by atoms with E-state index in [9.17, 15) is 13.2 Å². The minimum absolute atomic E-state index is 0.0896. The van der Waals surface area contributed by atoms with Gasteiger partial charge in [0.1, 0.15) is 5.75 Å². The minimum atomic E-state index is -3.35. The van der Waals surface area contributed by atoms with Gasteiger partial charge in [0, 0.05) is 0 Å². The highest BCUT2D eigenvalue weighted by Gasteiger charge is 2.34. The van der Waals surface area contributed by atoms with E-state index >= 15 is 0 Å². The Morgan fingerprint density at radius 3 is 2.44 bits per heavy atom. The highest BCUT2D eigenvalue weighted by atomic mass is 32.2. The van der Waals surface area contributed by atoms with E-state index in [2.05, 4.69) is 6.92 Å². The lowest BCUT2D eigenvalue weighted by atomic mass is 9.80. The average molecular weight is 395 g/mol. The number of carbonyl (C=O) groups is 1. The van der Waals surface area contributed by atoms with Crippen molar-refractivity contribution in [2.75, 3.05) is 12.4 Å². The zero-order chi connectivity index (χ0) is 20.1. The number of hydrogen-bond acceptors (Lipinski definition) is 4. The van der Waals surface area contributed by atoms with Crippen molar-refractivity contribution in [2.45, 2.75) is 89.4 Å². The van der Waals surface area contributed by atoms with Gasteiger partial charge in [-0.05, 0) is 49.3 Å². The van der Waals surface area contributed by atoms with Crippen molar-refractivity contribution in [1.29, 1.82) is 0 Å². The van der Waals surface area contributed by atoms with Crippen molar-refractivity contribution in [3.63, 3.8) is 0 Å². The first-order chi connectivity index (χ1) is 12.7. The molecule has 0 atom stereocenters. The Morgan fingerprint density at radius 1 is 1.11 bits per heavy atom. The fraction of sp³-hybridized carbons (Fsp3) is 0.682. The van der Waals surface area contributed by atoms with Crippen LogP contribution < -0.4 is 4.74 Å². The Balaban J connectivity index is 2.25. The maximum Gasteiger partial charge on any atom is 0.178 e. The number of unbranched alkanes of at least 4 members (excludes halogenated alkanes) is 5. The van der Waals surface area contributed by atoms with Gasteiger partial charge < -0.3 is 4.74 Å². The van der Waals surface area contributed by atoms with Crippen LogP contribution in [0.4, 0.5) is 0 Å². The maximum atomic E-state index is 12.8. The van der Waals surface area contributed by atoms with Crippen molar-refractivity contribution < 1.29 is 17.9 Å². The number of fused-ring (bicyclic) bond motifs is 1. The summed E-state index contributed by atoms with van der Waals surface area (Å²) in [5.41, 5.74) is 0.961. The van der Waals surface area contributed by atoms with E-state index in [1.54, 1.807) is 12.1 Å². The molecule has 1 aliphatic heterocycles. The summed E-state index contributed by atoms with van der Waals surface area (Å²) in [5.74, 6) is 0.476. The molecule has 0 aromatic heterocycles. The van der Waals surface area contributed by atoms with Gasteiger partial charge in [-0.1, -0.05) is 52.9 Å². The first-order valence-corrected chi connectivity index (χ1v) is 11.9. The Morgan fingerprint density at radius 2 is 1.78 bits per heavy atom. The number of ketones is 1. The quantitative estimate of drug-likeness (QED) is 0.411. The molecule has 1 aromatic rings. The largest absolute Gasteiger partial charge is 0.493 e. The maximum absolute atomic E-state index is 12.8. The van der Waals surface area contributed by atoms with Gasteiger partial charge in [-0.25, -0.2) is 8.42 Å². The van der Waals surface area contributed by atoms with Crippen molar-refractivity contribution >= 4 is 15.6 Å². The Kier molecular flexibility index (Phi) is 7.49. The van der Waals surface area contributed by atoms with Crippen LogP contribution in [0, 0.1) is 0 Å². The Bertz CT molecular complexity index is 763. The third-order valence-electron chi connectivity index (χ3n) is 5.50. The molecule has 5 heteroatoms. The molecule has 0 N–H and O–H groups in total. The van der Waals surface area contributed by atoms with E-state index in [0.29, 0.717) is 29.2 Å². The van der Waals surface area contributed by atoms with Gasteiger partial charge in [0.2, 0.25) is 0 Å². The van der Waals surface area contributed by atoms with Crippen LogP contribution in [0.5, 0.6) is 5.75 Å². The third-order valence-corrected chi connectivity index (χ3v) is 7.33. The topological polar surface area (TPSA) is 60.4 Å². The summed E-state index contributed by atoms with van der Waals surface area (Å²) >= 11 is 0. The first kappa shape index (κ1) is 21.9. The van der Waals surface area contributed by atoms with Crippen LogP contribution in [0.25, 0.3) is 0 Å². The smallest absolute Gasteiger partial charge is 0.178 e. The molecule has 0 fully saturated rings. The van der Waals surface area contributed by atoms with E-state index in [0.717, 1.165) is 24.8 Å². The summed E-state index contributed by atoms with van der Waals surface area (Å²) in [6, 6.07) is 3.36. The predicted molar refractivity (Wildman–Crippen MR) is 110 cm³/mol. The average Bonchev–Trinajstić information content (AvgIpc) is 2.67. The number of ether oxygens (including phenoxy) is 1. The second-order valence-corrected chi connectivity index (χ2v) is 10.4. The number of benzene rings is 1. The van der Waals surface area contributed by atoms with Crippen LogP contribution in [0.3, 0.4) is 0 Å². The number of hydrogen-bond donors (Lipinski definition) is 0. The third kappa shape index (κ3) is 5.56. The lowest BCUT2D eigenvalue weighted by Crippen LogP contribution is -2.19. The van der Waals surface area contributed by atoms with Crippen molar-refractivity contribution in [2.24, 2.45) is 0 Å². The minimum Gasteiger partial charge on any atom is -0.493 e. The van der Waals surface area contributed by atoms with Crippen LogP contribution in [0.15, 0.2) is 17.0 Å². The van der Waals surface area contributed by atoms with Gasteiger partial charge in [0.05, 0.1) is 22.8 Å². The van der Waals surface area contributed by atoms with Crippen LogP contribution in [0.1, 0.15) is 95.0 Å². The van der Waals surface area contributed by atoms with Gasteiger partial charge in [0.25, 0.3) is 0 Å². The lowest BCUT2D eigenvalue weighted by Gasteiger charge is -2.26. The lowest BCUT2D eigenvalue weighted by molar-refractivity contribution is 0.101. The molecule has 0 spiro atoms. The van der Waals surface area contributed by atoms with Gasteiger partial charge >= 0.3 is 0 Å². The molecular formula is C22H34O4S. The molecule has 0 saturated heterocycles. The zero-order valence-corrected chi connectivity index (χ0v) is 18.1. The molecule has 0 amide bonds. The first-order valence-electron chi connectivity index (χ1n) is 10.2. The van der Waals surface area contributed by atoms with Crippen molar-refractivity contribution in [1.82, 2.24) is 0 Å². The van der Waals surface area contributed by atoms with E-state index in [1.165, 1.54) is 32.6 Å². The van der Waals surface area contributed by atoms with Gasteiger partial charge in [-0.2, -0.15) is 0 Å². The highest BCUT2D eigenvalue weighted by molar-refractivity contribution is 7.91. The number of sulfone groups is 1. The molecule has 0 unspecified atom stereocenters. The molecule has 2 rings (SSSR count). The van der Waals surface area contributed by atoms with Crippen LogP contribution >= 0.6 is 0 Å². The van der Waals surface area contributed by atoms with Gasteiger partial charge in [0.15, 0.2) is 15.6 Å². The molecular weight excluding hydrogens is 360 g/mol. The van der Waals surface area contributed by atoms with E-state index in [1.807, 2.05) is 13.8 Å². The molecule has 27 heavy (non-hydrogen) atoms. The SMILES string of the molecule is CCCCCCCCOc1cc2c(cc1C(C)=O)C(C)(C)CCCS2(=O)=O. The molecule has 0 bridgehead atoms. The number of Topliss-reactive ketones (excluding diaryl/α,β-unsaturated/α-hetero) is 1. The second-order valence-electron chi connectivity index (χ2n) is 8.32. The summed E-state index contributed by atoms with van der Waals surface area (Å²) in [7, 11) is -3.35. The summed E-state index contributed by atoms with van der Waals surface area (Å²) in [6.45, 7) is 8.31. The zero-order valence-electron chi connectivity index (χ0n) is 17.3. The fourth-order valence-corrected chi connectivity index (χ4v) is 5.46. The summed E-state index contributed by atoms with van der Waals surface area (Å²) in [4.78, 5) is 12.5. The number of carbonyl (C=O) groups excluding carboxylic acids is 1. The summed E-state index contributed by atoms with van der Waals surface area (Å²) < 4.78 is 31.4. The second kappa shape index (κ2) is 9.22. The molecule has 4 nitrogen and oxygen atoms in total. The van der Waals surface area contributed by atoms with Crippen LogP contribution in [-0.2, 0) is 15.3 Å². The summed E-state index contributed by atoms with van der Waals surface area (Å²) in [5, 5.41) is 0. The Labute approximate surface area is 164 Å². The monoisotopic (exact) mass is 394 g/mol. The standard InChI is InChI=1S/C22H34O4S/c1-5-6-7-8-9-10-13-26-20-16-21-19(15-18(20)17(2)23)22(3,4)12-11-14-27(21,24)25/h15-16H,5-14H2,1-4H3. The molecule has 1 heterocycles. The molecule has 0 radical (unpaired) electrons. The van der Waals surface area contributed by atoms with E-state index < -0.39 is 9.84 Å². The van der Waals surface area contributed by atoms with Crippen LogP contribution in [-0.4, -0.2) is 26.6 Å². The van der Waals surface area contributed by atoms with Crippen molar-refractivity contribution in [3.8, 4) is 5.75 Å². The molecule has 152 valence electrons. The summed E-state index contributed by atoms with van der Waals surface area (Å²) in [6.07, 6.45) is 8.32. The molecule has 0 saturated carbocycles. The Hall–Kier alpha value is -1.36. The van der Waals surface area contributed by atoms with Gasteiger partial charge in [-0.15, -0.1) is 0 Å². The van der Waals surface area contributed by atoms with Crippen molar-refractivity contribution in [3.05, 3.63) is 23.3 Å². The number of rotatable bonds is 9. The molecule has 0 aliphatic carbocycles. The molecule has 1 aliphatic rings. The van der Waals surface area contributed by atoms with Gasteiger partial charge in [-0.3, -0.25) is 4.79 Å².